The average molecular weight is 164 g/mol. The van der Waals surface area contributed by atoms with Crippen LogP contribution in [0, 0.1) is 0 Å². The van der Waals surface area contributed by atoms with Crippen LogP contribution in [0.4, 0.5) is 0 Å². The zero-order valence-corrected chi connectivity index (χ0v) is 6.84. The molecule has 3 N–H and O–H groups in total. The lowest BCUT2D eigenvalue weighted by molar-refractivity contribution is 0.0796. The zero-order chi connectivity index (χ0) is 8.60. The van der Waals surface area contributed by atoms with Crippen LogP contribution in [-0.2, 0) is 0 Å². The Morgan fingerprint density at radius 2 is 2.33 bits per heavy atom. The molecule has 0 unspecified atom stereocenters. The number of H-pyrrole nitrogens is 1. The quantitative estimate of drug-likeness (QED) is 0.642. The van der Waals surface area contributed by atoms with E-state index in [0.717, 1.165) is 19.3 Å². The fourth-order valence-electron chi connectivity index (χ4n) is 1.52. The van der Waals surface area contributed by atoms with E-state index in [2.05, 4.69) is 4.98 Å². The topological polar surface area (TPSA) is 58.9 Å². The van der Waals surface area contributed by atoms with Crippen LogP contribution in [0.15, 0.2) is 18.3 Å². The Labute approximate surface area is 71.0 Å². The number of nitrogens with two attached hydrogens (primary N) is 1. The summed E-state index contributed by atoms with van der Waals surface area (Å²) in [6, 6.07) is 3.59. The van der Waals surface area contributed by atoms with Gasteiger partial charge in [-0.15, -0.1) is 0 Å². The molecule has 0 radical (unpaired) electrons. The summed E-state index contributed by atoms with van der Waals surface area (Å²) in [5, 5.41) is 0. The molecule has 3 nitrogen and oxygen atoms in total. The largest absolute Gasteiger partial charge is 0.359 e. The summed E-state index contributed by atoms with van der Waals surface area (Å²) in [5.74, 6) is 0.0544. The van der Waals surface area contributed by atoms with Crippen LogP contribution in [0.2, 0.25) is 0 Å². The molecule has 0 saturated heterocycles. The van der Waals surface area contributed by atoms with Crippen molar-refractivity contribution < 1.29 is 4.79 Å². The van der Waals surface area contributed by atoms with E-state index in [1.807, 2.05) is 6.07 Å². The fraction of sp³-hybridized carbons (Fsp3) is 0.444. The smallest absolute Gasteiger partial charge is 0.198 e. The van der Waals surface area contributed by atoms with E-state index in [0.29, 0.717) is 5.69 Å². The second-order valence-electron chi connectivity index (χ2n) is 3.42. The van der Waals surface area contributed by atoms with Gasteiger partial charge in [0, 0.05) is 6.20 Å². The molecule has 1 aliphatic carbocycles. The molecule has 0 aliphatic heterocycles. The molecule has 1 aromatic rings. The molecule has 1 heterocycles. The molecular weight excluding hydrogens is 152 g/mol. The lowest BCUT2D eigenvalue weighted by atomic mass is 9.74. The molecule has 0 amide bonds. The van der Waals surface area contributed by atoms with Gasteiger partial charge in [0.15, 0.2) is 5.78 Å². The molecule has 1 saturated carbocycles. The number of hydrogen-bond acceptors (Lipinski definition) is 2. The SMILES string of the molecule is NC1(C(=O)c2ccc[nH]2)CCC1. The molecule has 64 valence electrons. The second-order valence-corrected chi connectivity index (χ2v) is 3.42. The van der Waals surface area contributed by atoms with Crippen molar-refractivity contribution in [2.75, 3.05) is 0 Å². The minimum atomic E-state index is -0.565. The highest BCUT2D eigenvalue weighted by atomic mass is 16.1. The van der Waals surface area contributed by atoms with Crippen LogP contribution < -0.4 is 5.73 Å². The molecule has 1 aromatic heterocycles. The number of Topliss-reactive ketones (excluding diaryl/α,β-unsaturated/α-hetero) is 1. The van der Waals surface area contributed by atoms with Crippen molar-refractivity contribution in [3.8, 4) is 0 Å². The van der Waals surface area contributed by atoms with Gasteiger partial charge in [0.1, 0.15) is 0 Å². The summed E-state index contributed by atoms with van der Waals surface area (Å²) in [5.41, 5.74) is 5.94. The average Bonchev–Trinajstić information content (AvgIpc) is 2.50. The number of aromatic amines is 1. The van der Waals surface area contributed by atoms with Gasteiger partial charge in [0.2, 0.25) is 0 Å². The first-order chi connectivity index (χ1) is 5.72. The molecule has 3 heteroatoms. The number of carbonyl (C=O) groups excluding carboxylic acids is 1. The fourth-order valence-corrected chi connectivity index (χ4v) is 1.52. The van der Waals surface area contributed by atoms with Crippen LogP contribution in [0.3, 0.4) is 0 Å². The van der Waals surface area contributed by atoms with E-state index in [-0.39, 0.29) is 5.78 Å². The van der Waals surface area contributed by atoms with Crippen LogP contribution in [0.5, 0.6) is 0 Å². The third kappa shape index (κ3) is 0.975. The van der Waals surface area contributed by atoms with Crippen LogP contribution in [0.1, 0.15) is 29.8 Å². The van der Waals surface area contributed by atoms with E-state index < -0.39 is 5.54 Å². The maximum Gasteiger partial charge on any atom is 0.198 e. The lowest BCUT2D eigenvalue weighted by Gasteiger charge is -2.35. The molecule has 12 heavy (non-hydrogen) atoms. The lowest BCUT2D eigenvalue weighted by Crippen LogP contribution is -2.53. The third-order valence-electron chi connectivity index (χ3n) is 2.54. The Morgan fingerprint density at radius 3 is 2.75 bits per heavy atom. The zero-order valence-electron chi connectivity index (χ0n) is 6.84. The summed E-state index contributed by atoms with van der Waals surface area (Å²) >= 11 is 0. The monoisotopic (exact) mass is 164 g/mol. The van der Waals surface area contributed by atoms with Gasteiger partial charge in [-0.25, -0.2) is 0 Å². The number of aromatic nitrogens is 1. The van der Waals surface area contributed by atoms with Gasteiger partial charge >= 0.3 is 0 Å². The molecule has 2 rings (SSSR count). The highest BCUT2D eigenvalue weighted by Gasteiger charge is 2.40. The Hall–Kier alpha value is -1.09. The Balaban J connectivity index is 2.20. The number of hydrogen-bond donors (Lipinski definition) is 2. The van der Waals surface area contributed by atoms with Gasteiger partial charge in [-0.1, -0.05) is 0 Å². The van der Waals surface area contributed by atoms with Gasteiger partial charge in [0.05, 0.1) is 11.2 Å². The summed E-state index contributed by atoms with van der Waals surface area (Å²) in [6.45, 7) is 0. The summed E-state index contributed by atoms with van der Waals surface area (Å²) < 4.78 is 0. The van der Waals surface area contributed by atoms with Crippen LogP contribution >= 0.6 is 0 Å². The van der Waals surface area contributed by atoms with E-state index in [9.17, 15) is 4.79 Å². The van der Waals surface area contributed by atoms with Gasteiger partial charge in [-0.3, -0.25) is 4.79 Å². The summed E-state index contributed by atoms with van der Waals surface area (Å²) in [4.78, 5) is 14.5. The van der Waals surface area contributed by atoms with Gasteiger partial charge < -0.3 is 10.7 Å². The second kappa shape index (κ2) is 2.45. The summed E-state index contributed by atoms with van der Waals surface area (Å²) in [7, 11) is 0. The van der Waals surface area contributed by atoms with E-state index in [1.165, 1.54) is 0 Å². The van der Waals surface area contributed by atoms with E-state index >= 15 is 0 Å². The van der Waals surface area contributed by atoms with Crippen molar-refractivity contribution in [1.82, 2.24) is 4.98 Å². The highest BCUT2D eigenvalue weighted by Crippen LogP contribution is 2.31. The molecule has 1 aliphatic rings. The van der Waals surface area contributed by atoms with Gasteiger partial charge in [-0.2, -0.15) is 0 Å². The first kappa shape index (κ1) is 7.55. The van der Waals surface area contributed by atoms with Crippen molar-refractivity contribution >= 4 is 5.78 Å². The molecule has 0 atom stereocenters. The third-order valence-corrected chi connectivity index (χ3v) is 2.54. The molecule has 0 spiro atoms. The highest BCUT2D eigenvalue weighted by molar-refractivity contribution is 6.02. The Kier molecular flexibility index (Phi) is 1.54. The number of nitrogens with one attached hydrogen (secondary N) is 1. The summed E-state index contributed by atoms with van der Waals surface area (Å²) in [6.07, 6.45) is 4.47. The standard InChI is InChI=1S/C9H12N2O/c10-9(4-2-5-9)8(12)7-3-1-6-11-7/h1,3,6,11H,2,4-5,10H2. The van der Waals surface area contributed by atoms with E-state index in [4.69, 9.17) is 5.73 Å². The molecule has 1 fully saturated rings. The van der Waals surface area contributed by atoms with Crippen LogP contribution in [-0.4, -0.2) is 16.3 Å². The normalized spacial score (nSPS) is 20.1. The van der Waals surface area contributed by atoms with Crippen molar-refractivity contribution in [3.63, 3.8) is 0 Å². The Morgan fingerprint density at radius 1 is 1.58 bits per heavy atom. The molecular formula is C9H12N2O. The maximum absolute atomic E-state index is 11.7. The molecule has 0 bridgehead atoms. The maximum atomic E-state index is 11.7. The predicted octanol–water partition coefficient (Wildman–Crippen LogP) is 1.08. The minimum absolute atomic E-state index is 0.0544. The predicted molar refractivity (Wildman–Crippen MR) is 45.9 cm³/mol. The van der Waals surface area contributed by atoms with Crippen molar-refractivity contribution in [3.05, 3.63) is 24.0 Å². The first-order valence-corrected chi connectivity index (χ1v) is 4.19. The minimum Gasteiger partial charge on any atom is -0.359 e. The number of ketones is 1. The van der Waals surface area contributed by atoms with Crippen LogP contribution in [0.25, 0.3) is 0 Å². The van der Waals surface area contributed by atoms with E-state index in [1.54, 1.807) is 12.3 Å². The molecule has 0 aromatic carbocycles. The van der Waals surface area contributed by atoms with Crippen molar-refractivity contribution in [2.24, 2.45) is 5.73 Å². The number of carbonyl (C=O) groups is 1. The van der Waals surface area contributed by atoms with Gasteiger partial charge in [0.25, 0.3) is 0 Å². The van der Waals surface area contributed by atoms with Crippen molar-refractivity contribution in [2.45, 2.75) is 24.8 Å². The number of rotatable bonds is 2. The van der Waals surface area contributed by atoms with Crippen molar-refractivity contribution in [1.29, 1.82) is 0 Å². The van der Waals surface area contributed by atoms with Gasteiger partial charge in [-0.05, 0) is 31.4 Å². The first-order valence-electron chi connectivity index (χ1n) is 4.19. The Bertz CT molecular complexity index is 285.